The summed E-state index contributed by atoms with van der Waals surface area (Å²) in [5, 5.41) is 7.07. The van der Waals surface area contributed by atoms with E-state index in [9.17, 15) is 19.2 Å². The van der Waals surface area contributed by atoms with E-state index >= 15 is 0 Å². The molecule has 11 heteroatoms. The minimum atomic E-state index is -0.874. The van der Waals surface area contributed by atoms with Crippen LogP contribution in [0.4, 0.5) is 0 Å². The van der Waals surface area contributed by atoms with Crippen LogP contribution in [0.25, 0.3) is 10.8 Å². The Hall–Kier alpha value is -4.41. The molecule has 170 valence electrons. The molecular formula is C22H20N4O7. The van der Waals surface area contributed by atoms with Gasteiger partial charge in [0.05, 0.1) is 11.4 Å². The number of primary amides is 1. The number of rotatable bonds is 7. The second-order valence-corrected chi connectivity index (χ2v) is 7.28. The molecule has 3 N–H and O–H groups in total. The molecule has 1 aliphatic heterocycles. The van der Waals surface area contributed by atoms with Crippen LogP contribution < -0.4 is 26.1 Å². The average molecular weight is 452 g/mol. The van der Waals surface area contributed by atoms with E-state index in [0.717, 1.165) is 10.2 Å². The van der Waals surface area contributed by atoms with Crippen molar-refractivity contribution in [3.05, 3.63) is 64.1 Å². The number of nitrogens with one attached hydrogen (secondary N) is 1. The highest BCUT2D eigenvalue weighted by molar-refractivity contribution is 6.04. The molecule has 0 spiro atoms. The molecule has 3 aromatic rings. The van der Waals surface area contributed by atoms with Crippen molar-refractivity contribution < 1.29 is 28.6 Å². The highest BCUT2D eigenvalue weighted by atomic mass is 16.7. The average Bonchev–Trinajstić information content (AvgIpc) is 3.27. The van der Waals surface area contributed by atoms with Crippen LogP contribution in [-0.4, -0.2) is 41.0 Å². The summed E-state index contributed by atoms with van der Waals surface area (Å²) >= 11 is 0. The first-order valence-corrected chi connectivity index (χ1v) is 9.97. The van der Waals surface area contributed by atoms with Crippen LogP contribution in [0.3, 0.4) is 0 Å². The van der Waals surface area contributed by atoms with E-state index in [1.165, 1.54) is 12.1 Å². The number of amides is 2. The number of ether oxygens (including phenoxy) is 3. The first-order valence-electron chi connectivity index (χ1n) is 9.97. The monoisotopic (exact) mass is 452 g/mol. The van der Waals surface area contributed by atoms with Crippen molar-refractivity contribution in [3.8, 4) is 11.5 Å². The van der Waals surface area contributed by atoms with Crippen molar-refractivity contribution >= 4 is 28.6 Å². The zero-order valence-electron chi connectivity index (χ0n) is 17.6. The lowest BCUT2D eigenvalue weighted by molar-refractivity contribution is -0.149. The number of esters is 1. The Morgan fingerprint density at radius 1 is 1.15 bits per heavy atom. The van der Waals surface area contributed by atoms with Gasteiger partial charge in [-0.2, -0.15) is 5.10 Å². The molecule has 0 fully saturated rings. The van der Waals surface area contributed by atoms with Crippen molar-refractivity contribution in [3.63, 3.8) is 0 Å². The molecule has 2 heterocycles. The lowest BCUT2D eigenvalue weighted by Gasteiger charge is -2.15. The molecule has 2 amide bonds. The third kappa shape index (κ3) is 4.61. The number of hydrogen-bond donors (Lipinski definition) is 2. The van der Waals surface area contributed by atoms with E-state index in [2.05, 4.69) is 10.4 Å². The Morgan fingerprint density at radius 2 is 1.88 bits per heavy atom. The predicted octanol–water partition coefficient (Wildman–Crippen LogP) is 0.645. The van der Waals surface area contributed by atoms with Crippen LogP contribution >= 0.6 is 0 Å². The zero-order valence-corrected chi connectivity index (χ0v) is 17.6. The van der Waals surface area contributed by atoms with E-state index < -0.39 is 36.5 Å². The standard InChI is InChI=1S/C22H20N4O7/c1-12(13-6-7-16-17(8-13)33-11-32-16)24-18(27)10-31-19(28)9-26-22(30)15-5-3-2-4-14(15)20(25-26)21(23)29/h2-8,12H,9-11H2,1H3,(H2,23,29)(H,24,27). The van der Waals surface area contributed by atoms with Crippen LogP contribution in [0, 0.1) is 0 Å². The van der Waals surface area contributed by atoms with Crippen molar-refractivity contribution in [2.45, 2.75) is 19.5 Å². The minimum absolute atomic E-state index is 0.144. The summed E-state index contributed by atoms with van der Waals surface area (Å²) in [4.78, 5) is 48.8. The number of nitrogens with two attached hydrogens (primary N) is 1. The predicted molar refractivity (Wildman–Crippen MR) is 115 cm³/mol. The van der Waals surface area contributed by atoms with Crippen molar-refractivity contribution in [1.29, 1.82) is 0 Å². The number of benzene rings is 2. The Bertz CT molecular complexity index is 1320. The number of carbonyl (C=O) groups excluding carboxylic acids is 3. The molecule has 2 aromatic carbocycles. The van der Waals surface area contributed by atoms with E-state index in [0.29, 0.717) is 11.5 Å². The van der Waals surface area contributed by atoms with Gasteiger partial charge in [-0.05, 0) is 30.7 Å². The summed E-state index contributed by atoms with van der Waals surface area (Å²) in [6.07, 6.45) is 0. The summed E-state index contributed by atoms with van der Waals surface area (Å²) in [7, 11) is 0. The molecule has 0 aliphatic carbocycles. The smallest absolute Gasteiger partial charge is 0.328 e. The molecule has 1 unspecified atom stereocenters. The Balaban J connectivity index is 1.38. The molecule has 33 heavy (non-hydrogen) atoms. The number of fused-ring (bicyclic) bond motifs is 2. The summed E-state index contributed by atoms with van der Waals surface area (Å²) < 4.78 is 16.3. The van der Waals surface area contributed by atoms with Gasteiger partial charge < -0.3 is 25.3 Å². The van der Waals surface area contributed by atoms with E-state index in [4.69, 9.17) is 19.9 Å². The second kappa shape index (κ2) is 8.99. The highest BCUT2D eigenvalue weighted by Crippen LogP contribution is 2.34. The van der Waals surface area contributed by atoms with E-state index in [1.807, 2.05) is 0 Å². The molecule has 1 atom stereocenters. The van der Waals surface area contributed by atoms with Crippen LogP contribution in [0.2, 0.25) is 0 Å². The molecule has 4 rings (SSSR count). The fraction of sp³-hybridized carbons (Fsp3) is 0.227. The maximum Gasteiger partial charge on any atom is 0.328 e. The molecule has 1 aliphatic rings. The molecule has 0 saturated heterocycles. The summed E-state index contributed by atoms with van der Waals surface area (Å²) in [6, 6.07) is 11.2. The van der Waals surface area contributed by atoms with Gasteiger partial charge in [-0.15, -0.1) is 0 Å². The van der Waals surface area contributed by atoms with Gasteiger partial charge in [0.25, 0.3) is 17.4 Å². The third-order valence-electron chi connectivity index (χ3n) is 5.02. The molecule has 0 saturated carbocycles. The van der Waals surface area contributed by atoms with Gasteiger partial charge in [0.1, 0.15) is 6.54 Å². The molecule has 1 aromatic heterocycles. The van der Waals surface area contributed by atoms with Crippen LogP contribution in [-0.2, 0) is 20.9 Å². The molecular weight excluding hydrogens is 432 g/mol. The summed E-state index contributed by atoms with van der Waals surface area (Å²) in [6.45, 7) is 0.764. The quantitative estimate of drug-likeness (QED) is 0.496. The molecule has 0 radical (unpaired) electrons. The number of aromatic nitrogens is 2. The Morgan fingerprint density at radius 3 is 2.64 bits per heavy atom. The number of carbonyl (C=O) groups is 3. The summed E-state index contributed by atoms with van der Waals surface area (Å²) in [5.74, 6) is -1.04. The third-order valence-corrected chi connectivity index (χ3v) is 5.02. The highest BCUT2D eigenvalue weighted by Gasteiger charge is 2.19. The topological polar surface area (TPSA) is 152 Å². The fourth-order valence-electron chi connectivity index (χ4n) is 3.39. The van der Waals surface area contributed by atoms with Crippen molar-refractivity contribution in [2.75, 3.05) is 13.4 Å². The molecule has 11 nitrogen and oxygen atoms in total. The fourth-order valence-corrected chi connectivity index (χ4v) is 3.39. The first kappa shape index (κ1) is 21.8. The largest absolute Gasteiger partial charge is 0.454 e. The van der Waals surface area contributed by atoms with E-state index in [1.54, 1.807) is 37.3 Å². The zero-order chi connectivity index (χ0) is 23.5. The lowest BCUT2D eigenvalue weighted by Crippen LogP contribution is -2.34. The SMILES string of the molecule is CC(NC(=O)COC(=O)Cn1nc(C(N)=O)c2ccccc2c1=O)c1ccc2c(c1)OCO2. The van der Waals surface area contributed by atoms with Crippen LogP contribution in [0.5, 0.6) is 11.5 Å². The first-order chi connectivity index (χ1) is 15.8. The number of hydrogen-bond acceptors (Lipinski definition) is 8. The maximum atomic E-state index is 12.6. The van der Waals surface area contributed by atoms with E-state index in [-0.39, 0.29) is 29.3 Å². The van der Waals surface area contributed by atoms with Crippen molar-refractivity contribution in [2.24, 2.45) is 5.73 Å². The summed E-state index contributed by atoms with van der Waals surface area (Å²) in [5.41, 5.74) is 5.40. The van der Waals surface area contributed by atoms with Gasteiger partial charge in [0.15, 0.2) is 23.8 Å². The lowest BCUT2D eigenvalue weighted by atomic mass is 10.1. The number of nitrogens with zero attached hydrogens (tertiary/aromatic N) is 2. The van der Waals surface area contributed by atoms with Gasteiger partial charge in [-0.25, -0.2) is 4.68 Å². The Labute approximate surface area is 187 Å². The molecule has 0 bridgehead atoms. The second-order valence-electron chi connectivity index (χ2n) is 7.28. The van der Waals surface area contributed by atoms with Crippen LogP contribution in [0.15, 0.2) is 47.3 Å². The van der Waals surface area contributed by atoms with Gasteiger partial charge in [0, 0.05) is 5.39 Å². The van der Waals surface area contributed by atoms with Gasteiger partial charge in [0.2, 0.25) is 6.79 Å². The van der Waals surface area contributed by atoms with Crippen LogP contribution in [0.1, 0.15) is 29.0 Å². The van der Waals surface area contributed by atoms with Gasteiger partial charge in [-0.1, -0.05) is 24.3 Å². The minimum Gasteiger partial charge on any atom is -0.454 e. The Kier molecular flexibility index (Phi) is 5.94. The normalized spacial score (nSPS) is 12.9. The van der Waals surface area contributed by atoms with Gasteiger partial charge >= 0.3 is 5.97 Å². The maximum absolute atomic E-state index is 12.6. The van der Waals surface area contributed by atoms with Crippen molar-refractivity contribution in [1.82, 2.24) is 15.1 Å². The van der Waals surface area contributed by atoms with Gasteiger partial charge in [-0.3, -0.25) is 19.2 Å².